The molecule has 0 atom stereocenters. The molecule has 2 aromatic heterocycles. The van der Waals surface area contributed by atoms with Crippen LogP contribution < -0.4 is 16.0 Å². The minimum absolute atomic E-state index is 0.0107. The van der Waals surface area contributed by atoms with E-state index in [1.807, 2.05) is 12.1 Å². The fourth-order valence-corrected chi connectivity index (χ4v) is 4.81. The van der Waals surface area contributed by atoms with Gasteiger partial charge in [0.15, 0.2) is 18.1 Å². The van der Waals surface area contributed by atoms with Crippen LogP contribution >= 0.6 is 0 Å². The van der Waals surface area contributed by atoms with Crippen molar-refractivity contribution in [1.82, 2.24) is 15.5 Å². The molecule has 2 aliphatic rings. The summed E-state index contributed by atoms with van der Waals surface area (Å²) in [6.45, 7) is 1.63. The molecule has 34 heavy (non-hydrogen) atoms. The zero-order valence-corrected chi connectivity index (χ0v) is 18.4. The lowest BCUT2D eigenvalue weighted by molar-refractivity contribution is 0.0821. The number of amides is 2. The third-order valence-electron chi connectivity index (χ3n) is 6.52. The summed E-state index contributed by atoms with van der Waals surface area (Å²) in [5, 5.41) is 6.38. The van der Waals surface area contributed by atoms with Crippen LogP contribution in [-0.2, 0) is 11.3 Å². The number of benzene rings is 1. The molecule has 1 saturated carbocycles. The van der Waals surface area contributed by atoms with Gasteiger partial charge in [-0.3, -0.25) is 4.79 Å². The molecule has 0 unspecified atom stereocenters. The van der Waals surface area contributed by atoms with Gasteiger partial charge < -0.3 is 25.2 Å². The fraction of sp³-hybridized carbons (Fsp3) is 0.333. The van der Waals surface area contributed by atoms with Crippen LogP contribution in [0.3, 0.4) is 0 Å². The van der Waals surface area contributed by atoms with Gasteiger partial charge in [-0.2, -0.15) is 0 Å². The van der Waals surface area contributed by atoms with Gasteiger partial charge >= 0.3 is 6.09 Å². The van der Waals surface area contributed by atoms with Crippen LogP contribution in [0.1, 0.15) is 35.5 Å². The van der Waals surface area contributed by atoms with Crippen molar-refractivity contribution >= 4 is 17.8 Å². The average Bonchev–Trinajstić information content (AvgIpc) is 3.46. The molecule has 1 saturated heterocycles. The number of nitrogens with one attached hydrogen (secondary N) is 1. The predicted octanol–water partition coefficient (Wildman–Crippen LogP) is 3.26. The zero-order chi connectivity index (χ0) is 23.7. The zero-order valence-electron chi connectivity index (χ0n) is 18.4. The molecule has 5 rings (SSSR count). The molecular formula is C24H24FN5O4. The number of nitrogens with zero attached hydrogens (tertiary/aromatic N) is 3. The third-order valence-corrected chi connectivity index (χ3v) is 6.52. The van der Waals surface area contributed by atoms with E-state index < -0.39 is 12.0 Å². The first-order valence-electron chi connectivity index (χ1n) is 11.0. The number of ether oxygens (including phenoxy) is 1. The van der Waals surface area contributed by atoms with E-state index in [4.69, 9.17) is 15.0 Å². The molecule has 10 heteroatoms. The number of alkyl carbamates (subject to hydrolysis) is 1. The van der Waals surface area contributed by atoms with Gasteiger partial charge in [-0.05, 0) is 60.1 Å². The number of hydrogen-bond acceptors (Lipinski definition) is 7. The summed E-state index contributed by atoms with van der Waals surface area (Å²) in [4.78, 5) is 30.0. The van der Waals surface area contributed by atoms with Crippen molar-refractivity contribution in [1.29, 1.82) is 0 Å². The Bertz CT molecular complexity index is 1210. The highest BCUT2D eigenvalue weighted by Gasteiger charge is 2.49. The van der Waals surface area contributed by atoms with Crippen molar-refractivity contribution in [3.63, 3.8) is 0 Å². The molecule has 2 fully saturated rings. The predicted molar refractivity (Wildman–Crippen MR) is 120 cm³/mol. The molecule has 2 amide bonds. The molecular weight excluding hydrogens is 441 g/mol. The Morgan fingerprint density at radius 1 is 1.21 bits per heavy atom. The van der Waals surface area contributed by atoms with Crippen molar-refractivity contribution in [3.05, 3.63) is 65.9 Å². The second kappa shape index (κ2) is 8.77. The van der Waals surface area contributed by atoms with E-state index in [2.05, 4.69) is 20.4 Å². The van der Waals surface area contributed by atoms with Gasteiger partial charge in [0, 0.05) is 31.4 Å². The minimum Gasteiger partial charge on any atom is -0.441 e. The van der Waals surface area contributed by atoms with Crippen LogP contribution in [0, 0.1) is 11.2 Å². The van der Waals surface area contributed by atoms with Crippen molar-refractivity contribution in [2.75, 3.05) is 18.0 Å². The van der Waals surface area contributed by atoms with Gasteiger partial charge in [0.1, 0.15) is 11.6 Å². The topological polar surface area (TPSA) is 124 Å². The van der Waals surface area contributed by atoms with Gasteiger partial charge in [0.2, 0.25) is 0 Å². The SMILES string of the molecule is NC(=O)c1cc(COC(=O)NC2CC3(CCN(c4cc(-c5ccc(F)cc5)ccn4)C3)C2)on1. The molecule has 176 valence electrons. The van der Waals surface area contributed by atoms with Crippen molar-refractivity contribution in [3.8, 4) is 11.1 Å². The van der Waals surface area contributed by atoms with E-state index in [-0.39, 0.29) is 35.3 Å². The first-order valence-corrected chi connectivity index (χ1v) is 11.0. The van der Waals surface area contributed by atoms with Crippen LogP contribution in [0.4, 0.5) is 15.0 Å². The van der Waals surface area contributed by atoms with Crippen molar-refractivity contribution < 1.29 is 23.2 Å². The molecule has 0 radical (unpaired) electrons. The highest BCUT2D eigenvalue weighted by atomic mass is 19.1. The number of aromatic nitrogens is 2. The van der Waals surface area contributed by atoms with Crippen LogP contribution in [0.25, 0.3) is 11.1 Å². The van der Waals surface area contributed by atoms with Gasteiger partial charge in [-0.1, -0.05) is 17.3 Å². The first kappa shape index (κ1) is 21.9. The number of hydrogen-bond donors (Lipinski definition) is 2. The molecule has 9 nitrogen and oxygen atoms in total. The van der Waals surface area contributed by atoms with Crippen molar-refractivity contribution in [2.24, 2.45) is 11.1 Å². The third kappa shape index (κ3) is 4.57. The summed E-state index contributed by atoms with van der Waals surface area (Å²) in [6, 6.07) is 11.8. The number of pyridine rings is 1. The highest BCUT2D eigenvalue weighted by molar-refractivity contribution is 5.90. The van der Waals surface area contributed by atoms with Gasteiger partial charge in [0.05, 0.1) is 0 Å². The van der Waals surface area contributed by atoms with E-state index in [1.54, 1.807) is 18.3 Å². The number of primary amides is 1. The molecule has 1 aliphatic heterocycles. The van der Waals surface area contributed by atoms with E-state index in [0.717, 1.165) is 49.3 Å². The maximum absolute atomic E-state index is 13.2. The monoisotopic (exact) mass is 465 g/mol. The van der Waals surface area contributed by atoms with E-state index in [1.165, 1.54) is 18.2 Å². The number of carbonyl (C=O) groups excluding carboxylic acids is 2. The Kier molecular flexibility index (Phi) is 5.64. The summed E-state index contributed by atoms with van der Waals surface area (Å²) in [5.74, 6) is 0.182. The van der Waals surface area contributed by atoms with E-state index in [0.29, 0.717) is 0 Å². The molecule has 1 aliphatic carbocycles. The fourth-order valence-electron chi connectivity index (χ4n) is 4.81. The average molecular weight is 465 g/mol. The lowest BCUT2D eigenvalue weighted by Crippen LogP contribution is -2.52. The number of nitrogens with two attached hydrogens (primary N) is 1. The molecule has 3 N–H and O–H groups in total. The summed E-state index contributed by atoms with van der Waals surface area (Å²) in [6.07, 6.45) is 3.99. The minimum atomic E-state index is -0.706. The summed E-state index contributed by atoms with van der Waals surface area (Å²) >= 11 is 0. The highest BCUT2D eigenvalue weighted by Crippen LogP contribution is 2.49. The molecule has 3 aromatic rings. The van der Waals surface area contributed by atoms with E-state index in [9.17, 15) is 14.0 Å². The largest absolute Gasteiger partial charge is 0.441 e. The van der Waals surface area contributed by atoms with Gasteiger partial charge in [0.25, 0.3) is 5.91 Å². The number of halogens is 1. The lowest BCUT2D eigenvalue weighted by atomic mass is 9.65. The molecule has 3 heterocycles. The number of carbonyl (C=O) groups is 2. The van der Waals surface area contributed by atoms with Crippen molar-refractivity contribution in [2.45, 2.75) is 31.9 Å². The Labute approximate surface area is 195 Å². The molecule has 1 spiro atoms. The standard InChI is InChI=1S/C24H24FN5O4/c25-17-3-1-15(2-4-17)16-5-7-27-21(9-16)30-8-6-24(14-30)11-18(12-24)28-23(32)33-13-19-10-20(22(26)31)29-34-19/h1-5,7,9-10,18H,6,8,11-14H2,(H2,26,31)(H,28,32). The Morgan fingerprint density at radius 2 is 2.00 bits per heavy atom. The Hall–Kier alpha value is -3.95. The van der Waals surface area contributed by atoms with E-state index >= 15 is 0 Å². The van der Waals surface area contributed by atoms with Crippen LogP contribution in [0.2, 0.25) is 0 Å². The lowest BCUT2D eigenvalue weighted by Gasteiger charge is -2.45. The van der Waals surface area contributed by atoms with Gasteiger partial charge in [-0.25, -0.2) is 14.2 Å². The Balaban J connectivity index is 1.11. The van der Waals surface area contributed by atoms with Crippen LogP contribution in [-0.4, -0.2) is 41.3 Å². The maximum atomic E-state index is 13.2. The van der Waals surface area contributed by atoms with Crippen LogP contribution in [0.5, 0.6) is 0 Å². The second-order valence-electron chi connectivity index (χ2n) is 8.95. The first-order chi connectivity index (χ1) is 16.4. The number of anilines is 1. The summed E-state index contributed by atoms with van der Waals surface area (Å²) in [5.41, 5.74) is 7.19. The maximum Gasteiger partial charge on any atom is 0.407 e. The summed E-state index contributed by atoms with van der Waals surface area (Å²) < 4.78 is 23.3. The molecule has 1 aromatic carbocycles. The summed E-state index contributed by atoms with van der Waals surface area (Å²) in [7, 11) is 0. The molecule has 0 bridgehead atoms. The smallest absolute Gasteiger partial charge is 0.407 e. The normalized spacial score (nSPS) is 21.3. The van der Waals surface area contributed by atoms with Crippen LogP contribution in [0.15, 0.2) is 53.2 Å². The van der Waals surface area contributed by atoms with Gasteiger partial charge in [-0.15, -0.1) is 0 Å². The second-order valence-corrected chi connectivity index (χ2v) is 8.95. The Morgan fingerprint density at radius 3 is 2.74 bits per heavy atom. The number of rotatable bonds is 6. The quantitative estimate of drug-likeness (QED) is 0.573.